The lowest BCUT2D eigenvalue weighted by molar-refractivity contribution is 0.0995. The molecule has 1 aromatic heterocycles. The lowest BCUT2D eigenvalue weighted by Gasteiger charge is -2.05. The van der Waals surface area contributed by atoms with Gasteiger partial charge in [0.05, 0.1) is 4.88 Å². The first-order valence-electron chi connectivity index (χ1n) is 3.69. The lowest BCUT2D eigenvalue weighted by Crippen LogP contribution is -2.25. The van der Waals surface area contributed by atoms with Gasteiger partial charge in [-0.3, -0.25) is 4.79 Å². The van der Waals surface area contributed by atoms with Gasteiger partial charge in [0.2, 0.25) is 0 Å². The van der Waals surface area contributed by atoms with Crippen LogP contribution in [0.4, 0.5) is 0 Å². The molecule has 0 spiro atoms. The minimum Gasteiger partial charge on any atom is -0.292 e. The molecule has 1 aromatic rings. The zero-order valence-electron chi connectivity index (χ0n) is 7.35. The molecule has 0 saturated carbocycles. The summed E-state index contributed by atoms with van der Waals surface area (Å²) in [4.78, 5) is 12.0. The summed E-state index contributed by atoms with van der Waals surface area (Å²) in [7, 11) is -3.27. The van der Waals surface area contributed by atoms with Gasteiger partial charge in [0.15, 0.2) is 15.6 Å². The second kappa shape index (κ2) is 3.59. The number of carbonyl (C=O) groups excluding carboxylic acids is 1. The van der Waals surface area contributed by atoms with Crippen molar-refractivity contribution in [3.8, 4) is 0 Å². The number of rotatable bonds is 3. The Labute approximate surface area is 81.3 Å². The van der Waals surface area contributed by atoms with Crippen LogP contribution in [0.25, 0.3) is 0 Å². The minimum absolute atomic E-state index is 0.322. The molecule has 0 amide bonds. The first-order valence-corrected chi connectivity index (χ1v) is 6.53. The highest BCUT2D eigenvalue weighted by Crippen LogP contribution is 2.14. The van der Waals surface area contributed by atoms with Gasteiger partial charge in [-0.25, -0.2) is 8.42 Å². The topological polar surface area (TPSA) is 51.2 Å². The molecular formula is C8H10O3S2. The highest BCUT2D eigenvalue weighted by molar-refractivity contribution is 7.92. The zero-order chi connectivity index (χ0) is 10.1. The molecule has 0 saturated heterocycles. The largest absolute Gasteiger partial charge is 0.292 e. The predicted octanol–water partition coefficient (Wildman–Crippen LogP) is 1.36. The van der Waals surface area contributed by atoms with E-state index in [1.165, 1.54) is 18.3 Å². The molecule has 1 atom stereocenters. The monoisotopic (exact) mass is 218 g/mol. The predicted molar refractivity (Wildman–Crippen MR) is 53.0 cm³/mol. The fraction of sp³-hybridized carbons (Fsp3) is 0.375. The van der Waals surface area contributed by atoms with Gasteiger partial charge in [-0.05, 0) is 18.4 Å². The van der Waals surface area contributed by atoms with Gasteiger partial charge >= 0.3 is 0 Å². The van der Waals surface area contributed by atoms with E-state index in [1.807, 2.05) is 0 Å². The number of hydrogen-bond donors (Lipinski definition) is 0. The first-order chi connectivity index (χ1) is 5.93. The smallest absolute Gasteiger partial charge is 0.190 e. The third-order valence-corrected chi connectivity index (χ3v) is 4.16. The molecule has 0 aromatic carbocycles. The van der Waals surface area contributed by atoms with E-state index in [0.717, 1.165) is 6.26 Å². The Morgan fingerprint density at radius 2 is 2.15 bits per heavy atom. The molecule has 0 bridgehead atoms. The molecule has 0 aliphatic heterocycles. The summed E-state index contributed by atoms with van der Waals surface area (Å²) >= 11 is 1.26. The highest BCUT2D eigenvalue weighted by atomic mass is 32.2. The van der Waals surface area contributed by atoms with E-state index >= 15 is 0 Å². The Balaban J connectivity index is 2.94. The molecule has 1 rings (SSSR count). The summed E-state index contributed by atoms with van der Waals surface area (Å²) in [5.41, 5.74) is 0. The van der Waals surface area contributed by atoms with Gasteiger partial charge in [0, 0.05) is 6.26 Å². The Kier molecular flexibility index (Phi) is 2.87. The molecule has 1 unspecified atom stereocenters. The molecule has 72 valence electrons. The van der Waals surface area contributed by atoms with Crippen LogP contribution in [0.1, 0.15) is 16.6 Å². The summed E-state index contributed by atoms with van der Waals surface area (Å²) in [6, 6.07) is 3.36. The Morgan fingerprint density at radius 1 is 1.54 bits per heavy atom. The van der Waals surface area contributed by atoms with E-state index < -0.39 is 15.1 Å². The maximum absolute atomic E-state index is 11.5. The van der Waals surface area contributed by atoms with Crippen LogP contribution in [0.15, 0.2) is 17.5 Å². The van der Waals surface area contributed by atoms with Crippen LogP contribution < -0.4 is 0 Å². The van der Waals surface area contributed by atoms with Crippen molar-refractivity contribution in [1.82, 2.24) is 0 Å². The number of carbonyl (C=O) groups is 1. The maximum Gasteiger partial charge on any atom is 0.190 e. The van der Waals surface area contributed by atoms with Crippen LogP contribution in [-0.2, 0) is 9.84 Å². The molecule has 5 heteroatoms. The zero-order valence-corrected chi connectivity index (χ0v) is 8.98. The van der Waals surface area contributed by atoms with Gasteiger partial charge in [-0.1, -0.05) is 6.07 Å². The molecule has 0 fully saturated rings. The average Bonchev–Trinajstić information content (AvgIpc) is 2.51. The van der Waals surface area contributed by atoms with Gasteiger partial charge in [0.1, 0.15) is 5.25 Å². The molecular weight excluding hydrogens is 208 g/mol. The molecule has 0 N–H and O–H groups in total. The molecule has 0 aliphatic carbocycles. The van der Waals surface area contributed by atoms with E-state index in [0.29, 0.717) is 4.88 Å². The Morgan fingerprint density at radius 3 is 2.54 bits per heavy atom. The summed E-state index contributed by atoms with van der Waals surface area (Å²) in [6.45, 7) is 1.41. The second-order valence-corrected chi connectivity index (χ2v) is 6.13. The fourth-order valence-corrected chi connectivity index (χ4v) is 2.16. The minimum atomic E-state index is -3.27. The van der Waals surface area contributed by atoms with E-state index in [2.05, 4.69) is 0 Å². The van der Waals surface area contributed by atoms with Crippen molar-refractivity contribution in [2.24, 2.45) is 0 Å². The van der Waals surface area contributed by atoms with Crippen molar-refractivity contribution in [2.75, 3.05) is 6.26 Å². The quantitative estimate of drug-likeness (QED) is 0.720. The molecule has 3 nitrogen and oxygen atoms in total. The normalized spacial score (nSPS) is 14.0. The number of ketones is 1. The van der Waals surface area contributed by atoms with Gasteiger partial charge in [-0.15, -0.1) is 11.3 Å². The maximum atomic E-state index is 11.5. The third kappa shape index (κ3) is 2.38. The summed E-state index contributed by atoms with van der Waals surface area (Å²) in [6.07, 6.45) is 1.07. The lowest BCUT2D eigenvalue weighted by atomic mass is 10.2. The van der Waals surface area contributed by atoms with Gasteiger partial charge in [0.25, 0.3) is 0 Å². The van der Waals surface area contributed by atoms with Crippen LogP contribution in [-0.4, -0.2) is 25.7 Å². The average molecular weight is 218 g/mol. The molecule has 1 heterocycles. The van der Waals surface area contributed by atoms with Crippen LogP contribution >= 0.6 is 11.3 Å². The Bertz CT molecular complexity index is 389. The number of hydrogen-bond acceptors (Lipinski definition) is 4. The van der Waals surface area contributed by atoms with Crippen LogP contribution in [0.3, 0.4) is 0 Å². The Hall–Kier alpha value is -0.680. The fourth-order valence-electron chi connectivity index (χ4n) is 0.814. The van der Waals surface area contributed by atoms with E-state index in [4.69, 9.17) is 0 Å². The SMILES string of the molecule is CC(C(=O)c1cccs1)S(C)(=O)=O. The van der Waals surface area contributed by atoms with Crippen molar-refractivity contribution < 1.29 is 13.2 Å². The van der Waals surface area contributed by atoms with Crippen molar-refractivity contribution in [3.05, 3.63) is 22.4 Å². The van der Waals surface area contributed by atoms with Crippen LogP contribution in [0.5, 0.6) is 0 Å². The molecule has 0 aliphatic rings. The van der Waals surface area contributed by atoms with Crippen LogP contribution in [0, 0.1) is 0 Å². The van der Waals surface area contributed by atoms with E-state index in [1.54, 1.807) is 17.5 Å². The summed E-state index contributed by atoms with van der Waals surface area (Å²) < 4.78 is 22.1. The standard InChI is InChI=1S/C8H10O3S2/c1-6(13(2,10)11)8(9)7-4-3-5-12-7/h3-6H,1-2H3. The summed E-state index contributed by atoms with van der Waals surface area (Å²) in [5, 5.41) is 0.813. The van der Waals surface area contributed by atoms with Crippen molar-refractivity contribution in [3.63, 3.8) is 0 Å². The van der Waals surface area contributed by atoms with Crippen molar-refractivity contribution in [2.45, 2.75) is 12.2 Å². The number of Topliss-reactive ketones (excluding diaryl/α,β-unsaturated/α-hetero) is 1. The van der Waals surface area contributed by atoms with Crippen LogP contribution in [0.2, 0.25) is 0 Å². The first kappa shape index (κ1) is 10.4. The van der Waals surface area contributed by atoms with Crippen molar-refractivity contribution in [1.29, 1.82) is 0 Å². The highest BCUT2D eigenvalue weighted by Gasteiger charge is 2.24. The number of sulfone groups is 1. The third-order valence-electron chi connectivity index (χ3n) is 1.78. The summed E-state index contributed by atoms with van der Waals surface area (Å²) in [5.74, 6) is -0.322. The molecule has 13 heavy (non-hydrogen) atoms. The van der Waals surface area contributed by atoms with Gasteiger partial charge < -0.3 is 0 Å². The van der Waals surface area contributed by atoms with Crippen molar-refractivity contribution >= 4 is 27.0 Å². The molecule has 0 radical (unpaired) electrons. The number of thiophene rings is 1. The second-order valence-electron chi connectivity index (χ2n) is 2.81. The van der Waals surface area contributed by atoms with E-state index in [9.17, 15) is 13.2 Å². The van der Waals surface area contributed by atoms with E-state index in [-0.39, 0.29) is 5.78 Å². The van der Waals surface area contributed by atoms with Gasteiger partial charge in [-0.2, -0.15) is 0 Å².